The van der Waals surface area contributed by atoms with Crippen LogP contribution in [0.2, 0.25) is 5.02 Å². The van der Waals surface area contributed by atoms with Crippen molar-refractivity contribution >= 4 is 23.3 Å². The van der Waals surface area contributed by atoms with Crippen LogP contribution in [-0.4, -0.2) is 18.6 Å². The van der Waals surface area contributed by atoms with E-state index >= 15 is 0 Å². The molecule has 0 fully saturated rings. The molecule has 1 aromatic carbocycles. The number of anilines is 1. The SMILES string of the molecule is COC(=O)C1(C)Cc2c(Cl)cccc2N1. The maximum absolute atomic E-state index is 11.6. The lowest BCUT2D eigenvalue weighted by molar-refractivity contribution is -0.145. The van der Waals surface area contributed by atoms with Crippen LogP contribution in [0.3, 0.4) is 0 Å². The Balaban J connectivity index is 2.37. The number of methoxy groups -OCH3 is 1. The van der Waals surface area contributed by atoms with E-state index in [9.17, 15) is 4.79 Å². The van der Waals surface area contributed by atoms with Crippen molar-refractivity contribution in [2.24, 2.45) is 0 Å². The molecule has 0 bridgehead atoms. The van der Waals surface area contributed by atoms with Crippen LogP contribution in [0.4, 0.5) is 5.69 Å². The van der Waals surface area contributed by atoms with Gasteiger partial charge in [0.25, 0.3) is 0 Å². The van der Waals surface area contributed by atoms with Gasteiger partial charge in [-0.1, -0.05) is 17.7 Å². The molecule has 3 nitrogen and oxygen atoms in total. The molecule has 1 aliphatic rings. The molecule has 15 heavy (non-hydrogen) atoms. The molecule has 1 heterocycles. The minimum absolute atomic E-state index is 0.269. The fraction of sp³-hybridized carbons (Fsp3) is 0.364. The van der Waals surface area contributed by atoms with Crippen LogP contribution >= 0.6 is 11.6 Å². The Morgan fingerprint density at radius 3 is 2.93 bits per heavy atom. The zero-order valence-electron chi connectivity index (χ0n) is 8.63. The van der Waals surface area contributed by atoms with Gasteiger partial charge in [-0.25, -0.2) is 4.79 Å². The summed E-state index contributed by atoms with van der Waals surface area (Å²) in [4.78, 5) is 11.6. The molecule has 0 aliphatic carbocycles. The summed E-state index contributed by atoms with van der Waals surface area (Å²) in [6.45, 7) is 1.81. The lowest BCUT2D eigenvalue weighted by atomic mass is 9.98. The predicted molar refractivity (Wildman–Crippen MR) is 59.2 cm³/mol. The van der Waals surface area contributed by atoms with Crippen molar-refractivity contribution in [2.75, 3.05) is 12.4 Å². The summed E-state index contributed by atoms with van der Waals surface area (Å²) in [7, 11) is 1.39. The van der Waals surface area contributed by atoms with Crippen molar-refractivity contribution in [1.29, 1.82) is 0 Å². The highest BCUT2D eigenvalue weighted by molar-refractivity contribution is 6.32. The Morgan fingerprint density at radius 1 is 1.60 bits per heavy atom. The van der Waals surface area contributed by atoms with E-state index in [0.29, 0.717) is 11.4 Å². The first-order valence-electron chi connectivity index (χ1n) is 4.71. The van der Waals surface area contributed by atoms with E-state index < -0.39 is 5.54 Å². The van der Waals surface area contributed by atoms with Crippen molar-refractivity contribution in [3.63, 3.8) is 0 Å². The Morgan fingerprint density at radius 2 is 2.33 bits per heavy atom. The second-order valence-corrected chi connectivity index (χ2v) is 4.30. The number of benzene rings is 1. The van der Waals surface area contributed by atoms with Crippen molar-refractivity contribution < 1.29 is 9.53 Å². The van der Waals surface area contributed by atoms with Gasteiger partial charge in [0.2, 0.25) is 0 Å². The third-order valence-corrected chi connectivity index (χ3v) is 3.05. The van der Waals surface area contributed by atoms with Gasteiger partial charge in [0, 0.05) is 17.1 Å². The Labute approximate surface area is 93.4 Å². The molecule has 1 aromatic rings. The van der Waals surface area contributed by atoms with Gasteiger partial charge in [-0.2, -0.15) is 0 Å². The molecule has 1 aliphatic heterocycles. The maximum atomic E-state index is 11.6. The Bertz CT molecular complexity index is 419. The summed E-state index contributed by atoms with van der Waals surface area (Å²) in [5.74, 6) is -0.269. The molecule has 4 heteroatoms. The molecule has 1 unspecified atom stereocenters. The fourth-order valence-corrected chi connectivity index (χ4v) is 2.14. The van der Waals surface area contributed by atoms with Crippen LogP contribution in [0, 0.1) is 0 Å². The average Bonchev–Trinajstić information content (AvgIpc) is 2.57. The third-order valence-electron chi connectivity index (χ3n) is 2.70. The first-order chi connectivity index (χ1) is 7.07. The van der Waals surface area contributed by atoms with Crippen LogP contribution in [0.1, 0.15) is 12.5 Å². The van der Waals surface area contributed by atoms with Crippen LogP contribution in [0.15, 0.2) is 18.2 Å². The number of halogens is 1. The minimum Gasteiger partial charge on any atom is -0.467 e. The smallest absolute Gasteiger partial charge is 0.331 e. The van der Waals surface area contributed by atoms with Crippen molar-refractivity contribution in [1.82, 2.24) is 0 Å². The molecule has 80 valence electrons. The Hall–Kier alpha value is -1.22. The largest absolute Gasteiger partial charge is 0.467 e. The lowest BCUT2D eigenvalue weighted by Gasteiger charge is -2.21. The lowest BCUT2D eigenvalue weighted by Crippen LogP contribution is -2.42. The standard InChI is InChI=1S/C11H12ClNO2/c1-11(10(14)15-2)6-7-8(12)4-3-5-9(7)13-11/h3-5,13H,6H2,1-2H3. The highest BCUT2D eigenvalue weighted by atomic mass is 35.5. The van der Waals surface area contributed by atoms with Crippen LogP contribution in [0.5, 0.6) is 0 Å². The second-order valence-electron chi connectivity index (χ2n) is 3.89. The quantitative estimate of drug-likeness (QED) is 0.745. The number of esters is 1. The molecule has 0 saturated carbocycles. The van der Waals surface area contributed by atoms with Gasteiger partial charge in [-0.3, -0.25) is 0 Å². The van der Waals surface area contributed by atoms with Crippen LogP contribution in [-0.2, 0) is 16.0 Å². The van der Waals surface area contributed by atoms with Gasteiger partial charge in [0.15, 0.2) is 0 Å². The fourth-order valence-electron chi connectivity index (χ4n) is 1.90. The normalized spacial score (nSPS) is 23.1. The van der Waals surface area contributed by atoms with Gasteiger partial charge in [0.05, 0.1) is 7.11 Å². The molecule has 1 atom stereocenters. The summed E-state index contributed by atoms with van der Waals surface area (Å²) in [6.07, 6.45) is 0.564. The molecule has 1 N–H and O–H groups in total. The van der Waals surface area contributed by atoms with E-state index in [1.807, 2.05) is 25.1 Å². The van der Waals surface area contributed by atoms with E-state index in [1.54, 1.807) is 0 Å². The number of carbonyl (C=O) groups is 1. The first-order valence-corrected chi connectivity index (χ1v) is 5.08. The summed E-state index contributed by atoms with van der Waals surface area (Å²) < 4.78 is 4.76. The summed E-state index contributed by atoms with van der Waals surface area (Å²) >= 11 is 6.05. The second kappa shape index (κ2) is 3.42. The van der Waals surface area contributed by atoms with E-state index in [1.165, 1.54) is 7.11 Å². The number of hydrogen-bond acceptors (Lipinski definition) is 3. The monoisotopic (exact) mass is 225 g/mol. The van der Waals surface area contributed by atoms with Gasteiger partial charge in [-0.15, -0.1) is 0 Å². The van der Waals surface area contributed by atoms with E-state index in [4.69, 9.17) is 16.3 Å². The van der Waals surface area contributed by atoms with Crippen LogP contribution < -0.4 is 5.32 Å². The van der Waals surface area contributed by atoms with Crippen molar-refractivity contribution in [3.8, 4) is 0 Å². The molecule has 0 amide bonds. The van der Waals surface area contributed by atoms with Crippen molar-refractivity contribution in [3.05, 3.63) is 28.8 Å². The van der Waals surface area contributed by atoms with E-state index in [2.05, 4.69) is 5.32 Å². The molecule has 0 radical (unpaired) electrons. The number of fused-ring (bicyclic) bond motifs is 1. The number of nitrogens with one attached hydrogen (secondary N) is 1. The average molecular weight is 226 g/mol. The highest BCUT2D eigenvalue weighted by Crippen LogP contribution is 2.37. The van der Waals surface area contributed by atoms with Crippen molar-refractivity contribution in [2.45, 2.75) is 18.9 Å². The molecular formula is C11H12ClNO2. The third kappa shape index (κ3) is 1.57. The zero-order valence-corrected chi connectivity index (χ0v) is 9.39. The molecule has 2 rings (SSSR count). The molecular weight excluding hydrogens is 214 g/mol. The number of ether oxygens (including phenoxy) is 1. The number of carbonyl (C=O) groups excluding carboxylic acids is 1. The molecule has 0 saturated heterocycles. The number of rotatable bonds is 1. The predicted octanol–water partition coefficient (Wildman–Crippen LogP) is 2.24. The van der Waals surface area contributed by atoms with E-state index in [0.717, 1.165) is 11.3 Å². The topological polar surface area (TPSA) is 38.3 Å². The minimum atomic E-state index is -0.692. The van der Waals surface area contributed by atoms with Gasteiger partial charge in [0.1, 0.15) is 5.54 Å². The highest BCUT2D eigenvalue weighted by Gasteiger charge is 2.40. The molecule has 0 spiro atoms. The first kappa shape index (κ1) is 10.3. The van der Waals surface area contributed by atoms with Gasteiger partial charge >= 0.3 is 5.97 Å². The molecule has 0 aromatic heterocycles. The Kier molecular flexibility index (Phi) is 2.35. The zero-order chi connectivity index (χ0) is 11.1. The summed E-state index contributed by atoms with van der Waals surface area (Å²) in [5, 5.41) is 3.83. The number of hydrogen-bond donors (Lipinski definition) is 1. The van der Waals surface area contributed by atoms with Gasteiger partial charge < -0.3 is 10.1 Å². The van der Waals surface area contributed by atoms with E-state index in [-0.39, 0.29) is 5.97 Å². The van der Waals surface area contributed by atoms with Crippen LogP contribution in [0.25, 0.3) is 0 Å². The summed E-state index contributed by atoms with van der Waals surface area (Å²) in [6, 6.07) is 5.59. The van der Waals surface area contributed by atoms with Gasteiger partial charge in [-0.05, 0) is 24.6 Å². The summed E-state index contributed by atoms with van der Waals surface area (Å²) in [5.41, 5.74) is 1.20. The maximum Gasteiger partial charge on any atom is 0.331 e.